The summed E-state index contributed by atoms with van der Waals surface area (Å²) in [7, 11) is -5.00. The minimum atomic E-state index is -2.58. The summed E-state index contributed by atoms with van der Waals surface area (Å²) in [5, 5.41) is 9.93. The first-order valence-electron chi connectivity index (χ1n) is 16.2. The molecule has 0 aliphatic rings. The number of aryl methyl sites for hydroxylation is 1. The van der Waals surface area contributed by atoms with Crippen LogP contribution in [0.4, 0.5) is 0 Å². The van der Waals surface area contributed by atoms with Gasteiger partial charge in [0.2, 0.25) is 0 Å². The van der Waals surface area contributed by atoms with E-state index in [4.69, 9.17) is 0 Å². The molecule has 46 heavy (non-hydrogen) atoms. The average molecular weight is 623 g/mol. The summed E-state index contributed by atoms with van der Waals surface area (Å²) in [5.41, 5.74) is 2.66. The molecule has 0 radical (unpaired) electrons. The second-order valence-corrected chi connectivity index (χ2v) is 19.9. The van der Waals surface area contributed by atoms with Crippen LogP contribution in [-0.2, 0) is 6.04 Å². The van der Waals surface area contributed by atoms with Gasteiger partial charge in [0.25, 0.3) is 0 Å². The second kappa shape index (κ2) is 13.1. The SMILES string of the molecule is Cc1ccc([Si](c2ccccc2)(c2ccccc2)c2ccc(C[Si](c3ccccc3)(c3ccccc3)c3ccccc3)cc2)cc1. The summed E-state index contributed by atoms with van der Waals surface area (Å²) in [4.78, 5) is 0. The fourth-order valence-electron chi connectivity index (χ4n) is 7.33. The van der Waals surface area contributed by atoms with Gasteiger partial charge >= 0.3 is 0 Å². The van der Waals surface area contributed by atoms with Gasteiger partial charge in [-0.3, -0.25) is 0 Å². The van der Waals surface area contributed by atoms with Gasteiger partial charge in [-0.1, -0.05) is 206 Å². The Hall–Kier alpha value is -5.03. The Morgan fingerprint density at radius 1 is 0.304 bits per heavy atom. The van der Waals surface area contributed by atoms with Crippen LogP contribution < -0.4 is 36.3 Å². The maximum Gasteiger partial charge on any atom is 0.179 e. The van der Waals surface area contributed by atoms with E-state index in [0.717, 1.165) is 6.04 Å². The van der Waals surface area contributed by atoms with Crippen LogP contribution in [0, 0.1) is 6.92 Å². The van der Waals surface area contributed by atoms with Crippen LogP contribution in [0.3, 0.4) is 0 Å². The van der Waals surface area contributed by atoms with Crippen molar-refractivity contribution < 1.29 is 0 Å². The van der Waals surface area contributed by atoms with Gasteiger partial charge in [-0.25, -0.2) is 0 Å². The minimum absolute atomic E-state index is 0.987. The van der Waals surface area contributed by atoms with E-state index in [2.05, 4.69) is 207 Å². The molecule has 0 bridgehead atoms. The van der Waals surface area contributed by atoms with Crippen LogP contribution in [0.15, 0.2) is 200 Å². The topological polar surface area (TPSA) is 0 Å². The lowest BCUT2D eigenvalue weighted by Gasteiger charge is -2.36. The van der Waals surface area contributed by atoms with Crippen LogP contribution in [0.2, 0.25) is 0 Å². The number of benzene rings is 7. The van der Waals surface area contributed by atoms with E-state index in [9.17, 15) is 0 Å². The van der Waals surface area contributed by atoms with Crippen molar-refractivity contribution in [3.63, 3.8) is 0 Å². The summed E-state index contributed by atoms with van der Waals surface area (Å²) in [6, 6.07) is 76.1. The van der Waals surface area contributed by atoms with E-state index < -0.39 is 16.1 Å². The molecule has 0 saturated carbocycles. The van der Waals surface area contributed by atoms with Crippen molar-refractivity contribution in [1.82, 2.24) is 0 Å². The average Bonchev–Trinajstić information content (AvgIpc) is 3.14. The van der Waals surface area contributed by atoms with Crippen molar-refractivity contribution in [1.29, 1.82) is 0 Å². The zero-order chi connectivity index (χ0) is 31.2. The Balaban J connectivity index is 1.42. The van der Waals surface area contributed by atoms with Gasteiger partial charge in [0.05, 0.1) is 0 Å². The van der Waals surface area contributed by atoms with Gasteiger partial charge in [-0.05, 0) is 54.8 Å². The van der Waals surface area contributed by atoms with Gasteiger partial charge in [0.1, 0.15) is 0 Å². The third-order valence-corrected chi connectivity index (χ3v) is 19.2. The molecule has 0 nitrogen and oxygen atoms in total. The molecule has 0 amide bonds. The molecule has 0 N–H and O–H groups in total. The zero-order valence-corrected chi connectivity index (χ0v) is 28.3. The predicted octanol–water partition coefficient (Wildman–Crippen LogP) is 5.62. The van der Waals surface area contributed by atoms with Crippen molar-refractivity contribution >= 4 is 52.5 Å². The van der Waals surface area contributed by atoms with E-state index in [1.54, 1.807) is 0 Å². The Bertz CT molecular complexity index is 1830. The molecule has 0 heterocycles. The first-order chi connectivity index (χ1) is 22.7. The molecular weight excluding hydrogens is 585 g/mol. The zero-order valence-electron chi connectivity index (χ0n) is 26.3. The molecule has 0 aliphatic heterocycles. The van der Waals surface area contributed by atoms with E-state index in [1.165, 1.54) is 47.4 Å². The Morgan fingerprint density at radius 2 is 0.587 bits per heavy atom. The van der Waals surface area contributed by atoms with Gasteiger partial charge in [-0.15, -0.1) is 0 Å². The predicted molar refractivity (Wildman–Crippen MR) is 202 cm³/mol. The van der Waals surface area contributed by atoms with Crippen molar-refractivity contribution in [2.75, 3.05) is 0 Å². The number of hydrogen-bond acceptors (Lipinski definition) is 0. The quantitative estimate of drug-likeness (QED) is 0.145. The van der Waals surface area contributed by atoms with E-state index in [0.29, 0.717) is 0 Å². The third-order valence-electron chi connectivity index (χ3n) is 9.55. The van der Waals surface area contributed by atoms with Crippen molar-refractivity contribution in [3.8, 4) is 0 Å². The highest BCUT2D eigenvalue weighted by atomic mass is 28.3. The summed E-state index contributed by atoms with van der Waals surface area (Å²) in [6.07, 6.45) is 0. The van der Waals surface area contributed by atoms with Crippen LogP contribution in [-0.4, -0.2) is 16.1 Å². The van der Waals surface area contributed by atoms with E-state index in [1.807, 2.05) is 0 Å². The van der Waals surface area contributed by atoms with Crippen LogP contribution in [0.25, 0.3) is 0 Å². The molecule has 0 fully saturated rings. The minimum Gasteiger partial charge on any atom is -0.0624 e. The standard InChI is InChI=1S/C44H38Si2/c1-36-27-31-43(32-28-36)46(41-23-13-5-14-24-41,42-25-15-6-16-26-42)44-33-29-37(30-34-44)35-45(38-17-7-2-8-18-38,39-19-9-3-10-20-39)40-21-11-4-12-22-40/h2-34H,35H2,1H3. The smallest absolute Gasteiger partial charge is 0.0624 e. The fraction of sp³-hybridized carbons (Fsp3) is 0.0455. The molecule has 2 heteroatoms. The van der Waals surface area contributed by atoms with Gasteiger partial charge in [0, 0.05) is 0 Å². The van der Waals surface area contributed by atoms with Gasteiger partial charge < -0.3 is 0 Å². The molecule has 7 rings (SSSR count). The molecule has 7 aromatic carbocycles. The molecule has 7 aromatic rings. The van der Waals surface area contributed by atoms with Crippen molar-refractivity contribution in [3.05, 3.63) is 211 Å². The molecule has 0 aromatic heterocycles. The molecule has 0 aliphatic carbocycles. The highest BCUT2D eigenvalue weighted by Gasteiger charge is 2.42. The maximum absolute atomic E-state index is 2.58. The van der Waals surface area contributed by atoms with Gasteiger partial charge in [-0.2, -0.15) is 0 Å². The Kier molecular flexibility index (Phi) is 8.48. The van der Waals surface area contributed by atoms with Crippen molar-refractivity contribution in [2.45, 2.75) is 13.0 Å². The summed E-state index contributed by atoms with van der Waals surface area (Å²) < 4.78 is 0. The molecule has 0 unspecified atom stereocenters. The highest BCUT2D eigenvalue weighted by Crippen LogP contribution is 2.17. The Morgan fingerprint density at radius 3 is 0.935 bits per heavy atom. The Labute approximate surface area is 275 Å². The lowest BCUT2D eigenvalue weighted by molar-refractivity contribution is 1.35. The third kappa shape index (κ3) is 5.40. The fourth-order valence-corrected chi connectivity index (χ4v) is 16.8. The first-order valence-corrected chi connectivity index (χ1v) is 20.4. The lowest BCUT2D eigenvalue weighted by atomic mass is 10.2. The molecule has 0 saturated heterocycles. The van der Waals surface area contributed by atoms with E-state index in [-0.39, 0.29) is 0 Å². The summed E-state index contributed by atoms with van der Waals surface area (Å²) in [6.45, 7) is 2.18. The number of hydrogen-bond donors (Lipinski definition) is 0. The van der Waals surface area contributed by atoms with Crippen LogP contribution in [0.1, 0.15) is 11.1 Å². The molecular formula is C44H38Si2. The monoisotopic (exact) mass is 622 g/mol. The molecule has 0 spiro atoms. The van der Waals surface area contributed by atoms with Crippen LogP contribution in [0.5, 0.6) is 0 Å². The summed E-state index contributed by atoms with van der Waals surface area (Å²) in [5.74, 6) is 0. The van der Waals surface area contributed by atoms with Crippen LogP contribution >= 0.6 is 0 Å². The molecule has 222 valence electrons. The van der Waals surface area contributed by atoms with Crippen molar-refractivity contribution in [2.24, 2.45) is 0 Å². The largest absolute Gasteiger partial charge is 0.179 e. The van der Waals surface area contributed by atoms with Gasteiger partial charge in [0.15, 0.2) is 16.1 Å². The lowest BCUT2D eigenvalue weighted by Crippen LogP contribution is -2.74. The maximum atomic E-state index is 2.45. The normalized spacial score (nSPS) is 11.7. The summed E-state index contributed by atoms with van der Waals surface area (Å²) >= 11 is 0. The number of rotatable bonds is 9. The molecule has 0 atom stereocenters. The first kappa shape index (κ1) is 29.7. The highest BCUT2D eigenvalue weighted by molar-refractivity contribution is 7.20. The van der Waals surface area contributed by atoms with E-state index >= 15 is 0 Å². The second-order valence-electron chi connectivity index (χ2n) is 12.2.